The van der Waals surface area contributed by atoms with Crippen molar-refractivity contribution < 1.29 is 37.4 Å². The Bertz CT molecular complexity index is 1660. The number of likely N-dealkylation sites (tertiary alicyclic amines) is 1. The molecule has 1 unspecified atom stereocenters. The number of carbonyl (C=O) groups excluding carboxylic acids is 3. The van der Waals surface area contributed by atoms with E-state index in [9.17, 15) is 32.7 Å². The van der Waals surface area contributed by atoms with E-state index in [1.54, 1.807) is 12.1 Å². The van der Waals surface area contributed by atoms with Gasteiger partial charge in [-0.1, -0.05) is 62.7 Å². The van der Waals surface area contributed by atoms with E-state index in [0.717, 1.165) is 29.3 Å². The highest BCUT2D eigenvalue weighted by atomic mass is 19.1. The highest BCUT2D eigenvalue weighted by Crippen LogP contribution is 2.35. The lowest BCUT2D eigenvalue weighted by Crippen LogP contribution is -2.61. The minimum absolute atomic E-state index is 0.0943. The zero-order valence-corrected chi connectivity index (χ0v) is 29.9. The number of amides is 3. The first-order valence-electron chi connectivity index (χ1n) is 18.0. The Morgan fingerprint density at radius 1 is 1.00 bits per heavy atom. The summed E-state index contributed by atoms with van der Waals surface area (Å²) in [4.78, 5) is 42.6. The first kappa shape index (κ1) is 39.0. The molecule has 3 amide bonds. The van der Waals surface area contributed by atoms with E-state index >= 15 is 0 Å². The van der Waals surface area contributed by atoms with E-state index in [4.69, 9.17) is 4.74 Å². The lowest BCUT2D eigenvalue weighted by atomic mass is 9.81. The molecule has 2 aliphatic rings. The summed E-state index contributed by atoms with van der Waals surface area (Å²) in [6.45, 7) is 6.10. The van der Waals surface area contributed by atoms with Crippen molar-refractivity contribution in [3.63, 3.8) is 0 Å². The monoisotopic (exact) mass is 722 g/mol. The standard InChI is InChI=1S/C40H49F3N4O5/c1-4-25(2)40(46-26(3)48)16-17-47(39(40)51)36(15-12-27-8-6-5-7-9-27)38(50)45-35(20-29-18-31(42)21-32(43)19-29)37(49)34-22-33(23-44-34)52-24-28-10-13-30(41)14-11-28/h5-11,13-14,18-19,21,25,33-37,44,49H,4,12,15-17,20,22-24H2,1-3H3,(H,45,50)(H,46,48)/t25?,33-,34-,35+,36-,37-,40+/m1/s1. The van der Waals surface area contributed by atoms with Crippen molar-refractivity contribution in [1.29, 1.82) is 0 Å². The van der Waals surface area contributed by atoms with Gasteiger partial charge in [-0.25, -0.2) is 13.2 Å². The first-order valence-corrected chi connectivity index (χ1v) is 18.0. The van der Waals surface area contributed by atoms with Crippen LogP contribution in [0.2, 0.25) is 0 Å². The van der Waals surface area contributed by atoms with Gasteiger partial charge in [-0.15, -0.1) is 0 Å². The predicted octanol–water partition coefficient (Wildman–Crippen LogP) is 4.59. The quantitative estimate of drug-likeness (QED) is 0.172. The summed E-state index contributed by atoms with van der Waals surface area (Å²) in [6, 6.07) is 16.1. The fourth-order valence-electron chi connectivity index (χ4n) is 7.51. The summed E-state index contributed by atoms with van der Waals surface area (Å²) < 4.78 is 48.0. The zero-order valence-electron chi connectivity index (χ0n) is 29.9. The molecule has 0 aromatic heterocycles. The molecule has 9 nitrogen and oxygen atoms in total. The Morgan fingerprint density at radius 3 is 2.35 bits per heavy atom. The van der Waals surface area contributed by atoms with Crippen LogP contribution in [0.3, 0.4) is 0 Å². The first-order chi connectivity index (χ1) is 24.9. The highest BCUT2D eigenvalue weighted by molar-refractivity contribution is 5.96. The Morgan fingerprint density at radius 2 is 1.69 bits per heavy atom. The maximum absolute atomic E-state index is 14.4. The molecule has 2 saturated heterocycles. The van der Waals surface area contributed by atoms with Crippen molar-refractivity contribution in [2.45, 2.75) is 102 Å². The lowest BCUT2D eigenvalue weighted by molar-refractivity contribution is -0.144. The minimum Gasteiger partial charge on any atom is -0.389 e. The van der Waals surface area contributed by atoms with E-state index in [0.29, 0.717) is 32.2 Å². The fraction of sp³-hybridized carbons (Fsp3) is 0.475. The summed E-state index contributed by atoms with van der Waals surface area (Å²) >= 11 is 0. The third-order valence-corrected chi connectivity index (χ3v) is 10.5. The van der Waals surface area contributed by atoms with Crippen LogP contribution in [0.4, 0.5) is 13.2 Å². The summed E-state index contributed by atoms with van der Waals surface area (Å²) in [5.74, 6) is -3.31. The molecule has 3 aromatic rings. The van der Waals surface area contributed by atoms with Crippen molar-refractivity contribution in [2.24, 2.45) is 5.92 Å². The molecular formula is C40H49F3N4O5. The molecule has 280 valence electrons. The minimum atomic E-state index is -1.21. The van der Waals surface area contributed by atoms with Gasteiger partial charge in [0.1, 0.15) is 29.0 Å². The van der Waals surface area contributed by atoms with E-state index in [1.807, 2.05) is 44.2 Å². The Balaban J connectivity index is 1.38. The molecule has 0 bridgehead atoms. The van der Waals surface area contributed by atoms with Gasteiger partial charge in [-0.3, -0.25) is 14.4 Å². The Labute approximate surface area is 303 Å². The van der Waals surface area contributed by atoms with Gasteiger partial charge in [0.2, 0.25) is 17.7 Å². The Kier molecular flexibility index (Phi) is 13.1. The van der Waals surface area contributed by atoms with Crippen LogP contribution in [0.25, 0.3) is 0 Å². The summed E-state index contributed by atoms with van der Waals surface area (Å²) in [7, 11) is 0. The number of aliphatic hydroxyl groups excluding tert-OH is 1. The average molecular weight is 723 g/mol. The normalized spacial score (nSPS) is 22.5. The largest absolute Gasteiger partial charge is 0.389 e. The SMILES string of the molecule is CCC(C)[C@@]1(NC(C)=O)CCN([C@H](CCc2ccccc2)C(=O)N[C@@H](Cc2cc(F)cc(F)c2)[C@H](O)[C@H]2C[C@@H](OCc3ccc(F)cc3)CN2)C1=O. The molecule has 7 atom stereocenters. The number of halogens is 3. The van der Waals surface area contributed by atoms with Crippen LogP contribution in [0.1, 0.15) is 63.1 Å². The zero-order chi connectivity index (χ0) is 37.4. The predicted molar refractivity (Wildman–Crippen MR) is 190 cm³/mol. The van der Waals surface area contributed by atoms with Gasteiger partial charge < -0.3 is 30.7 Å². The van der Waals surface area contributed by atoms with E-state index in [1.165, 1.54) is 24.0 Å². The molecule has 4 N–H and O–H groups in total. The number of hydrogen-bond acceptors (Lipinski definition) is 6. The third kappa shape index (κ3) is 9.58. The van der Waals surface area contributed by atoms with Gasteiger partial charge in [0, 0.05) is 32.1 Å². The molecule has 12 heteroatoms. The van der Waals surface area contributed by atoms with Gasteiger partial charge in [0.05, 0.1) is 24.9 Å². The summed E-state index contributed by atoms with van der Waals surface area (Å²) in [5, 5.41) is 20.9. The maximum Gasteiger partial charge on any atom is 0.249 e. The fourth-order valence-corrected chi connectivity index (χ4v) is 7.51. The van der Waals surface area contributed by atoms with E-state index in [2.05, 4.69) is 16.0 Å². The number of nitrogens with one attached hydrogen (secondary N) is 3. The molecule has 3 aromatic carbocycles. The third-order valence-electron chi connectivity index (χ3n) is 10.5. The second-order valence-corrected chi connectivity index (χ2v) is 14.1. The van der Waals surface area contributed by atoms with E-state index in [-0.39, 0.29) is 61.2 Å². The van der Waals surface area contributed by atoms with Crippen LogP contribution in [-0.4, -0.2) is 76.7 Å². The number of nitrogens with zero attached hydrogens (tertiary/aromatic N) is 1. The second kappa shape index (κ2) is 17.5. The van der Waals surface area contributed by atoms with Crippen LogP contribution in [0, 0.1) is 23.4 Å². The molecule has 0 aliphatic carbocycles. The number of benzene rings is 3. The average Bonchev–Trinajstić information content (AvgIpc) is 3.72. The molecule has 5 rings (SSSR count). The van der Waals surface area contributed by atoms with Crippen LogP contribution in [0.15, 0.2) is 72.8 Å². The molecule has 2 heterocycles. The van der Waals surface area contributed by atoms with E-state index < -0.39 is 47.3 Å². The van der Waals surface area contributed by atoms with Gasteiger partial charge >= 0.3 is 0 Å². The molecule has 52 heavy (non-hydrogen) atoms. The van der Waals surface area contributed by atoms with Gasteiger partial charge in [0.15, 0.2) is 0 Å². The van der Waals surface area contributed by atoms with Crippen LogP contribution in [0.5, 0.6) is 0 Å². The van der Waals surface area contributed by atoms with Crippen molar-refractivity contribution in [2.75, 3.05) is 13.1 Å². The Hall–Kier alpha value is -4.26. The second-order valence-electron chi connectivity index (χ2n) is 14.1. The van der Waals surface area contributed by atoms with Gasteiger partial charge in [-0.05, 0) is 79.0 Å². The lowest BCUT2D eigenvalue weighted by Gasteiger charge is -2.36. The van der Waals surface area contributed by atoms with Crippen LogP contribution in [-0.2, 0) is 38.6 Å². The van der Waals surface area contributed by atoms with Crippen LogP contribution >= 0.6 is 0 Å². The van der Waals surface area contributed by atoms with Gasteiger partial charge in [0.25, 0.3) is 0 Å². The maximum atomic E-state index is 14.4. The van der Waals surface area contributed by atoms with Crippen molar-refractivity contribution in [3.05, 3.63) is 107 Å². The number of ether oxygens (including phenoxy) is 1. The van der Waals surface area contributed by atoms with Crippen molar-refractivity contribution in [1.82, 2.24) is 20.9 Å². The molecule has 0 saturated carbocycles. The number of aliphatic hydroxyl groups is 1. The summed E-state index contributed by atoms with van der Waals surface area (Å²) in [5.41, 5.74) is 0.831. The molecule has 0 spiro atoms. The molecule has 0 radical (unpaired) electrons. The smallest absolute Gasteiger partial charge is 0.249 e. The number of aryl methyl sites for hydroxylation is 1. The molecule has 2 fully saturated rings. The topological polar surface area (TPSA) is 120 Å². The summed E-state index contributed by atoms with van der Waals surface area (Å²) in [6.07, 6.45) is 0.464. The number of rotatable bonds is 16. The number of carbonyl (C=O) groups is 3. The van der Waals surface area contributed by atoms with Crippen molar-refractivity contribution >= 4 is 17.7 Å². The van der Waals surface area contributed by atoms with Crippen molar-refractivity contribution in [3.8, 4) is 0 Å². The molecule has 2 aliphatic heterocycles. The number of hydrogen-bond donors (Lipinski definition) is 4. The molecular weight excluding hydrogens is 673 g/mol. The highest BCUT2D eigenvalue weighted by Gasteiger charge is 2.53. The van der Waals surface area contributed by atoms with Crippen LogP contribution < -0.4 is 16.0 Å². The van der Waals surface area contributed by atoms with Gasteiger partial charge in [-0.2, -0.15) is 0 Å².